The first-order chi connectivity index (χ1) is 13.4. The number of para-hydroxylation sites is 1. The monoisotopic (exact) mass is 402 g/mol. The van der Waals surface area contributed by atoms with E-state index in [1.54, 1.807) is 19.2 Å². The predicted octanol–water partition coefficient (Wildman–Crippen LogP) is 2.75. The predicted molar refractivity (Wildman–Crippen MR) is 102 cm³/mol. The third kappa shape index (κ3) is 7.55. The Morgan fingerprint density at radius 3 is 2.79 bits per heavy atom. The lowest BCUT2D eigenvalue weighted by molar-refractivity contribution is -0.274. The van der Waals surface area contributed by atoms with E-state index < -0.39 is 6.36 Å². The van der Waals surface area contributed by atoms with Gasteiger partial charge in [-0.15, -0.1) is 13.2 Å². The Bertz CT molecular complexity index is 625. The number of aliphatic imine (C=N–C) groups is 1. The van der Waals surface area contributed by atoms with Gasteiger partial charge in [-0.25, -0.2) is 4.99 Å². The standard InChI is InChI=1S/C19H29F3N4O2/c1-3-23-18(25-14-16-8-6-10-26(16)11-12-27-2)24-13-15-7-4-5-9-17(15)28-19(20,21)22/h4-5,7,9,16H,3,6,8,10-14H2,1-2H3,(H2,23,24,25). The number of hydrogen-bond acceptors (Lipinski definition) is 4. The van der Waals surface area contributed by atoms with Crippen LogP contribution < -0.4 is 15.4 Å². The Kier molecular flexibility index (Phi) is 8.85. The Morgan fingerprint density at radius 1 is 1.29 bits per heavy atom. The Hall–Kier alpha value is -2.00. The molecule has 0 aliphatic carbocycles. The number of likely N-dealkylation sites (tertiary alicyclic amines) is 1. The molecule has 0 amide bonds. The summed E-state index contributed by atoms with van der Waals surface area (Å²) < 4.78 is 46.9. The first kappa shape index (κ1) is 22.3. The summed E-state index contributed by atoms with van der Waals surface area (Å²) in [5.74, 6) is 0.346. The van der Waals surface area contributed by atoms with Crippen LogP contribution in [0.15, 0.2) is 29.3 Å². The van der Waals surface area contributed by atoms with Crippen molar-refractivity contribution in [2.24, 2.45) is 4.99 Å². The van der Waals surface area contributed by atoms with Crippen molar-refractivity contribution in [2.45, 2.75) is 38.7 Å². The van der Waals surface area contributed by atoms with Crippen molar-refractivity contribution in [3.8, 4) is 5.75 Å². The molecule has 6 nitrogen and oxygen atoms in total. The zero-order valence-electron chi connectivity index (χ0n) is 16.4. The van der Waals surface area contributed by atoms with Crippen LogP contribution in [0, 0.1) is 0 Å². The van der Waals surface area contributed by atoms with Crippen molar-refractivity contribution in [3.63, 3.8) is 0 Å². The van der Waals surface area contributed by atoms with Crippen LogP contribution in [0.3, 0.4) is 0 Å². The SMILES string of the molecule is CCNC(=NCc1ccccc1OC(F)(F)F)NCC1CCCN1CCOC. The molecule has 1 aromatic rings. The molecule has 0 spiro atoms. The van der Waals surface area contributed by atoms with Crippen LogP contribution in [0.25, 0.3) is 0 Å². The lowest BCUT2D eigenvalue weighted by Gasteiger charge is -2.25. The van der Waals surface area contributed by atoms with Gasteiger partial charge in [-0.3, -0.25) is 4.90 Å². The first-order valence-corrected chi connectivity index (χ1v) is 9.51. The molecule has 0 bridgehead atoms. The molecular formula is C19H29F3N4O2. The van der Waals surface area contributed by atoms with Gasteiger partial charge in [-0.1, -0.05) is 18.2 Å². The summed E-state index contributed by atoms with van der Waals surface area (Å²) in [6, 6.07) is 6.44. The zero-order chi connectivity index (χ0) is 20.4. The molecule has 9 heteroatoms. The fraction of sp³-hybridized carbons (Fsp3) is 0.632. The van der Waals surface area contributed by atoms with Crippen molar-refractivity contribution in [2.75, 3.05) is 39.9 Å². The van der Waals surface area contributed by atoms with Gasteiger partial charge >= 0.3 is 6.36 Å². The van der Waals surface area contributed by atoms with E-state index in [1.165, 1.54) is 12.1 Å². The Balaban J connectivity index is 1.97. The molecule has 1 heterocycles. The maximum atomic E-state index is 12.6. The topological polar surface area (TPSA) is 58.1 Å². The molecule has 1 aliphatic heterocycles. The van der Waals surface area contributed by atoms with Gasteiger partial charge in [0.25, 0.3) is 0 Å². The minimum Gasteiger partial charge on any atom is -0.405 e. The van der Waals surface area contributed by atoms with Gasteiger partial charge in [0.15, 0.2) is 5.96 Å². The highest BCUT2D eigenvalue weighted by Gasteiger charge is 2.32. The van der Waals surface area contributed by atoms with E-state index in [4.69, 9.17) is 4.74 Å². The third-order valence-corrected chi connectivity index (χ3v) is 4.54. The van der Waals surface area contributed by atoms with E-state index >= 15 is 0 Å². The van der Waals surface area contributed by atoms with Gasteiger partial charge < -0.3 is 20.1 Å². The van der Waals surface area contributed by atoms with E-state index in [-0.39, 0.29) is 12.3 Å². The molecule has 28 heavy (non-hydrogen) atoms. The van der Waals surface area contributed by atoms with Crippen LogP contribution in [0.1, 0.15) is 25.3 Å². The van der Waals surface area contributed by atoms with Crippen molar-refractivity contribution >= 4 is 5.96 Å². The Morgan fingerprint density at radius 2 is 2.07 bits per heavy atom. The van der Waals surface area contributed by atoms with E-state index in [0.717, 1.165) is 32.5 Å². The summed E-state index contributed by atoms with van der Waals surface area (Å²) in [4.78, 5) is 6.81. The summed E-state index contributed by atoms with van der Waals surface area (Å²) in [6.07, 6.45) is -2.49. The second-order valence-electron chi connectivity index (χ2n) is 6.56. The van der Waals surface area contributed by atoms with Gasteiger partial charge in [-0.05, 0) is 32.4 Å². The lowest BCUT2D eigenvalue weighted by atomic mass is 10.2. The van der Waals surface area contributed by atoms with Gasteiger partial charge in [0.2, 0.25) is 0 Å². The van der Waals surface area contributed by atoms with Crippen LogP contribution in [0.4, 0.5) is 13.2 Å². The highest BCUT2D eigenvalue weighted by molar-refractivity contribution is 5.79. The first-order valence-electron chi connectivity index (χ1n) is 9.51. The smallest absolute Gasteiger partial charge is 0.405 e. The van der Waals surface area contributed by atoms with Crippen LogP contribution in [-0.4, -0.2) is 63.2 Å². The average Bonchev–Trinajstić information content (AvgIpc) is 3.09. The number of guanidine groups is 1. The quantitative estimate of drug-likeness (QED) is 0.491. The maximum Gasteiger partial charge on any atom is 0.573 e. The van der Waals surface area contributed by atoms with Crippen LogP contribution in [0.2, 0.25) is 0 Å². The minimum absolute atomic E-state index is 0.0830. The maximum absolute atomic E-state index is 12.6. The van der Waals surface area contributed by atoms with Crippen LogP contribution in [-0.2, 0) is 11.3 Å². The zero-order valence-corrected chi connectivity index (χ0v) is 16.4. The van der Waals surface area contributed by atoms with Crippen molar-refractivity contribution in [3.05, 3.63) is 29.8 Å². The number of nitrogens with zero attached hydrogens (tertiary/aromatic N) is 2. The van der Waals surface area contributed by atoms with Crippen molar-refractivity contribution in [1.29, 1.82) is 0 Å². The molecule has 1 atom stereocenters. The number of ether oxygens (including phenoxy) is 2. The van der Waals surface area contributed by atoms with E-state index in [0.29, 0.717) is 30.7 Å². The van der Waals surface area contributed by atoms with E-state index in [2.05, 4.69) is 25.3 Å². The number of halogens is 3. The van der Waals surface area contributed by atoms with Gasteiger partial charge in [0.05, 0.1) is 13.2 Å². The summed E-state index contributed by atoms with van der Waals surface area (Å²) in [7, 11) is 1.69. The molecule has 1 unspecified atom stereocenters. The number of benzene rings is 1. The number of rotatable bonds is 9. The lowest BCUT2D eigenvalue weighted by Crippen LogP contribution is -2.45. The molecule has 1 saturated heterocycles. The molecule has 2 N–H and O–H groups in total. The van der Waals surface area contributed by atoms with Crippen LogP contribution in [0.5, 0.6) is 5.75 Å². The third-order valence-electron chi connectivity index (χ3n) is 4.54. The largest absolute Gasteiger partial charge is 0.573 e. The highest BCUT2D eigenvalue weighted by Crippen LogP contribution is 2.26. The molecule has 1 fully saturated rings. The normalized spacial score (nSPS) is 18.3. The van der Waals surface area contributed by atoms with Crippen LogP contribution >= 0.6 is 0 Å². The summed E-state index contributed by atoms with van der Waals surface area (Å²) in [6.45, 7) is 6.03. The highest BCUT2D eigenvalue weighted by atomic mass is 19.4. The molecule has 0 aromatic heterocycles. The number of alkyl halides is 3. The molecular weight excluding hydrogens is 373 g/mol. The van der Waals surface area contributed by atoms with Gasteiger partial charge in [0.1, 0.15) is 5.75 Å². The van der Waals surface area contributed by atoms with Gasteiger partial charge in [-0.2, -0.15) is 0 Å². The fourth-order valence-electron chi connectivity index (χ4n) is 3.21. The number of nitrogens with one attached hydrogen (secondary N) is 2. The Labute approximate surface area is 164 Å². The molecule has 1 aliphatic rings. The number of hydrogen-bond donors (Lipinski definition) is 2. The average molecular weight is 402 g/mol. The second-order valence-corrected chi connectivity index (χ2v) is 6.56. The molecule has 1 aromatic carbocycles. The second kappa shape index (κ2) is 11.1. The summed E-state index contributed by atoms with van der Waals surface area (Å²) in [5.41, 5.74) is 0.375. The van der Waals surface area contributed by atoms with Crippen molar-refractivity contribution in [1.82, 2.24) is 15.5 Å². The van der Waals surface area contributed by atoms with Crippen molar-refractivity contribution < 1.29 is 22.6 Å². The van der Waals surface area contributed by atoms with E-state index in [9.17, 15) is 13.2 Å². The number of methoxy groups -OCH3 is 1. The summed E-state index contributed by atoms with van der Waals surface area (Å²) >= 11 is 0. The fourth-order valence-corrected chi connectivity index (χ4v) is 3.21. The molecule has 2 rings (SSSR count). The van der Waals surface area contributed by atoms with E-state index in [1.807, 2.05) is 6.92 Å². The minimum atomic E-state index is -4.73. The van der Waals surface area contributed by atoms with Gasteiger partial charge in [0, 0.05) is 38.3 Å². The molecule has 0 radical (unpaired) electrons. The molecule has 0 saturated carbocycles. The summed E-state index contributed by atoms with van der Waals surface area (Å²) in [5, 5.41) is 6.44. The molecule has 158 valence electrons.